The third-order valence-electron chi connectivity index (χ3n) is 1.64. The summed E-state index contributed by atoms with van der Waals surface area (Å²) in [5.41, 5.74) is -0.0712. The van der Waals surface area contributed by atoms with E-state index in [2.05, 4.69) is 4.74 Å². The Hall–Kier alpha value is -1.73. The van der Waals surface area contributed by atoms with Gasteiger partial charge in [-0.2, -0.15) is 5.26 Å². The molecule has 0 spiro atoms. The van der Waals surface area contributed by atoms with Crippen molar-refractivity contribution in [3.63, 3.8) is 0 Å². The van der Waals surface area contributed by atoms with Crippen LogP contribution in [0.3, 0.4) is 0 Å². The topological polar surface area (TPSA) is 70.3 Å². The zero-order chi connectivity index (χ0) is 10.7. The summed E-state index contributed by atoms with van der Waals surface area (Å²) in [5.74, 6) is -0.906. The number of ether oxygens (including phenoxy) is 1. The number of carbonyl (C=O) groups is 1. The summed E-state index contributed by atoms with van der Waals surface area (Å²) in [4.78, 5) is 11.1. The molecule has 0 aliphatic heterocycles. The van der Waals surface area contributed by atoms with Crippen LogP contribution in [0.15, 0.2) is 12.1 Å². The van der Waals surface area contributed by atoms with E-state index >= 15 is 0 Å². The molecular formula is C9H6ClNO3. The largest absolute Gasteiger partial charge is 0.507 e. The van der Waals surface area contributed by atoms with E-state index in [0.717, 1.165) is 0 Å². The molecule has 1 aromatic carbocycles. The maximum Gasteiger partial charge on any atom is 0.339 e. The van der Waals surface area contributed by atoms with Gasteiger partial charge in [-0.05, 0) is 12.1 Å². The van der Waals surface area contributed by atoms with Crippen molar-refractivity contribution in [3.8, 4) is 11.8 Å². The fourth-order valence-corrected chi connectivity index (χ4v) is 1.22. The quantitative estimate of drug-likeness (QED) is 0.718. The van der Waals surface area contributed by atoms with Gasteiger partial charge in [-0.3, -0.25) is 0 Å². The third-order valence-corrected chi connectivity index (χ3v) is 2.03. The molecule has 14 heavy (non-hydrogen) atoms. The molecule has 0 fully saturated rings. The van der Waals surface area contributed by atoms with Gasteiger partial charge in [0, 0.05) is 0 Å². The molecular weight excluding hydrogens is 206 g/mol. The smallest absolute Gasteiger partial charge is 0.339 e. The van der Waals surface area contributed by atoms with Crippen LogP contribution in [-0.2, 0) is 4.74 Å². The molecule has 4 nitrogen and oxygen atoms in total. The van der Waals surface area contributed by atoms with Gasteiger partial charge < -0.3 is 9.84 Å². The van der Waals surface area contributed by atoms with Crippen LogP contribution in [0.25, 0.3) is 0 Å². The lowest BCUT2D eigenvalue weighted by molar-refractivity contribution is 0.0601. The lowest BCUT2D eigenvalue weighted by atomic mass is 10.1. The predicted octanol–water partition coefficient (Wildman–Crippen LogP) is 1.70. The molecule has 1 rings (SSSR count). The molecule has 0 unspecified atom stereocenters. The van der Waals surface area contributed by atoms with Crippen molar-refractivity contribution in [2.75, 3.05) is 7.11 Å². The van der Waals surface area contributed by atoms with E-state index < -0.39 is 5.97 Å². The second-order valence-corrected chi connectivity index (χ2v) is 2.80. The molecule has 0 aliphatic carbocycles. The van der Waals surface area contributed by atoms with E-state index in [1.54, 1.807) is 6.07 Å². The van der Waals surface area contributed by atoms with Crippen molar-refractivity contribution in [2.45, 2.75) is 0 Å². The number of nitrogens with zero attached hydrogens (tertiary/aromatic N) is 1. The van der Waals surface area contributed by atoms with Crippen LogP contribution in [-0.4, -0.2) is 18.2 Å². The predicted molar refractivity (Wildman–Crippen MR) is 49.2 cm³/mol. The average Bonchev–Trinajstić information content (AvgIpc) is 2.18. The first kappa shape index (κ1) is 10.4. The average molecular weight is 212 g/mol. The monoisotopic (exact) mass is 211 g/mol. The zero-order valence-electron chi connectivity index (χ0n) is 7.24. The summed E-state index contributed by atoms with van der Waals surface area (Å²) in [5, 5.41) is 17.7. The molecule has 0 atom stereocenters. The zero-order valence-corrected chi connectivity index (χ0v) is 8.00. The summed E-state index contributed by atoms with van der Waals surface area (Å²) in [7, 11) is 1.21. The fraction of sp³-hybridized carbons (Fsp3) is 0.111. The van der Waals surface area contributed by atoms with Crippen LogP contribution in [0.5, 0.6) is 5.75 Å². The van der Waals surface area contributed by atoms with Crippen LogP contribution >= 0.6 is 11.6 Å². The van der Waals surface area contributed by atoms with Crippen molar-refractivity contribution in [1.82, 2.24) is 0 Å². The van der Waals surface area contributed by atoms with Gasteiger partial charge in [-0.15, -0.1) is 0 Å². The molecule has 0 aliphatic rings. The number of hydrogen-bond acceptors (Lipinski definition) is 4. The molecule has 0 saturated heterocycles. The Balaban J connectivity index is 3.37. The van der Waals surface area contributed by atoms with Gasteiger partial charge in [-0.1, -0.05) is 11.6 Å². The van der Waals surface area contributed by atoms with E-state index in [9.17, 15) is 9.90 Å². The van der Waals surface area contributed by atoms with Gasteiger partial charge in [0.25, 0.3) is 0 Å². The molecule has 5 heteroatoms. The number of benzene rings is 1. The van der Waals surface area contributed by atoms with E-state index in [-0.39, 0.29) is 21.9 Å². The lowest BCUT2D eigenvalue weighted by Gasteiger charge is -2.04. The van der Waals surface area contributed by atoms with E-state index in [0.29, 0.717) is 0 Å². The molecule has 72 valence electrons. The summed E-state index contributed by atoms with van der Waals surface area (Å²) < 4.78 is 4.44. The summed E-state index contributed by atoms with van der Waals surface area (Å²) in [6, 6.07) is 4.21. The highest BCUT2D eigenvalue weighted by atomic mass is 35.5. The van der Waals surface area contributed by atoms with Crippen molar-refractivity contribution >= 4 is 17.6 Å². The Bertz CT molecular complexity index is 423. The van der Waals surface area contributed by atoms with Gasteiger partial charge in [0.05, 0.1) is 17.7 Å². The number of nitriles is 1. The summed E-state index contributed by atoms with van der Waals surface area (Å²) >= 11 is 5.70. The normalized spacial score (nSPS) is 9.21. The van der Waals surface area contributed by atoms with Gasteiger partial charge in [0.2, 0.25) is 0 Å². The number of aromatic hydroxyl groups is 1. The molecule has 0 saturated carbocycles. The first-order valence-corrected chi connectivity index (χ1v) is 3.99. The maximum atomic E-state index is 11.1. The number of hydrogen-bond donors (Lipinski definition) is 1. The van der Waals surface area contributed by atoms with Crippen LogP contribution in [0, 0.1) is 11.3 Å². The van der Waals surface area contributed by atoms with Crippen molar-refractivity contribution in [3.05, 3.63) is 28.3 Å². The molecule has 1 aromatic rings. The van der Waals surface area contributed by atoms with E-state index in [1.807, 2.05) is 0 Å². The van der Waals surface area contributed by atoms with Crippen LogP contribution in [0.2, 0.25) is 5.02 Å². The van der Waals surface area contributed by atoms with Gasteiger partial charge in [-0.25, -0.2) is 4.79 Å². The molecule has 0 bridgehead atoms. The van der Waals surface area contributed by atoms with E-state index in [4.69, 9.17) is 16.9 Å². The van der Waals surface area contributed by atoms with Gasteiger partial charge >= 0.3 is 5.97 Å². The Morgan fingerprint density at radius 1 is 1.64 bits per heavy atom. The number of phenolic OH excluding ortho intramolecular Hbond substituents is 1. The number of halogens is 1. The highest BCUT2D eigenvalue weighted by molar-refractivity contribution is 6.34. The van der Waals surface area contributed by atoms with Crippen molar-refractivity contribution in [1.29, 1.82) is 5.26 Å². The maximum absolute atomic E-state index is 11.1. The molecule has 1 N–H and O–H groups in total. The minimum atomic E-state index is -0.647. The van der Waals surface area contributed by atoms with Crippen molar-refractivity contribution in [2.24, 2.45) is 0 Å². The van der Waals surface area contributed by atoms with Gasteiger partial charge in [0.1, 0.15) is 17.4 Å². The fourth-order valence-electron chi connectivity index (χ4n) is 0.940. The SMILES string of the molecule is COC(=O)c1ccc(O)c(C#N)c1Cl. The molecule has 0 aromatic heterocycles. The number of methoxy groups -OCH3 is 1. The van der Waals surface area contributed by atoms with Crippen molar-refractivity contribution < 1.29 is 14.6 Å². The summed E-state index contributed by atoms with van der Waals surface area (Å²) in [6.07, 6.45) is 0. The number of esters is 1. The highest BCUT2D eigenvalue weighted by Gasteiger charge is 2.16. The number of phenols is 1. The Morgan fingerprint density at radius 3 is 2.79 bits per heavy atom. The standard InChI is InChI=1S/C9H6ClNO3/c1-14-9(13)5-2-3-7(12)6(4-11)8(5)10/h2-3,12H,1H3. The number of carbonyl (C=O) groups excluding carboxylic acids is 1. The second kappa shape index (κ2) is 3.99. The van der Waals surface area contributed by atoms with Gasteiger partial charge in [0.15, 0.2) is 0 Å². The first-order valence-electron chi connectivity index (χ1n) is 3.61. The minimum Gasteiger partial charge on any atom is -0.507 e. The first-order chi connectivity index (χ1) is 6.61. The number of rotatable bonds is 1. The van der Waals surface area contributed by atoms with Crippen LogP contribution in [0.4, 0.5) is 0 Å². The lowest BCUT2D eigenvalue weighted by Crippen LogP contribution is -2.02. The molecule has 0 radical (unpaired) electrons. The second-order valence-electron chi connectivity index (χ2n) is 2.42. The Morgan fingerprint density at radius 2 is 2.29 bits per heavy atom. The Kier molecular flexibility index (Phi) is 2.95. The molecule has 0 amide bonds. The highest BCUT2D eigenvalue weighted by Crippen LogP contribution is 2.28. The Labute approximate surface area is 85.3 Å². The molecule has 0 heterocycles. The third kappa shape index (κ3) is 1.63. The van der Waals surface area contributed by atoms with E-state index in [1.165, 1.54) is 19.2 Å². The van der Waals surface area contributed by atoms with Crippen LogP contribution in [0.1, 0.15) is 15.9 Å². The minimum absolute atomic E-state index is 0.0588. The van der Waals surface area contributed by atoms with Crippen LogP contribution < -0.4 is 0 Å². The summed E-state index contributed by atoms with van der Waals surface area (Å²) in [6.45, 7) is 0.